The number of hydrogen-bond acceptors (Lipinski definition) is 4. The Labute approximate surface area is 132 Å². The number of aryl methyl sites for hydroxylation is 1. The number of esters is 2. The number of carbonyl (C=O) groups is 2. The Morgan fingerprint density at radius 3 is 2.14 bits per heavy atom. The van der Waals surface area contributed by atoms with Crippen LogP contribution in [0.5, 0.6) is 0 Å². The first-order chi connectivity index (χ1) is 10.5. The highest BCUT2D eigenvalue weighted by molar-refractivity contribution is 5.68. The summed E-state index contributed by atoms with van der Waals surface area (Å²) in [5, 5.41) is 0. The second-order valence-corrected chi connectivity index (χ2v) is 5.15. The van der Waals surface area contributed by atoms with Crippen LogP contribution >= 0.6 is 0 Å². The maximum Gasteiger partial charge on any atom is 0.305 e. The maximum atomic E-state index is 11.0. The smallest absolute Gasteiger partial charge is 0.305 e. The fourth-order valence-electron chi connectivity index (χ4n) is 1.99. The number of benzene rings is 1. The fourth-order valence-corrected chi connectivity index (χ4v) is 1.99. The van der Waals surface area contributed by atoms with Crippen LogP contribution in [0.25, 0.3) is 6.08 Å². The molecule has 4 nitrogen and oxygen atoms in total. The minimum Gasteiger partial charge on any atom is -0.421 e. The number of ether oxygens (including phenoxy) is 2. The van der Waals surface area contributed by atoms with Gasteiger partial charge in [-0.2, -0.15) is 0 Å². The minimum absolute atomic E-state index is 0.498. The van der Waals surface area contributed by atoms with Crippen LogP contribution in [0.1, 0.15) is 51.2 Å². The number of hydrogen-bond donors (Lipinski definition) is 0. The summed E-state index contributed by atoms with van der Waals surface area (Å²) in [6.07, 6.45) is 7.08. The molecule has 0 aliphatic heterocycles. The van der Waals surface area contributed by atoms with Crippen LogP contribution in [0.2, 0.25) is 0 Å². The SMILES string of the molecule is CCCCCc1ccc(C=CC(OC(C)=O)OC(C)=O)cc1. The van der Waals surface area contributed by atoms with E-state index in [-0.39, 0.29) is 0 Å². The van der Waals surface area contributed by atoms with Gasteiger partial charge >= 0.3 is 11.9 Å². The molecule has 0 amide bonds. The molecule has 0 N–H and O–H groups in total. The van der Waals surface area contributed by atoms with Crippen molar-refractivity contribution in [2.75, 3.05) is 0 Å². The molecule has 0 aliphatic carbocycles. The second kappa shape index (κ2) is 9.77. The quantitative estimate of drug-likeness (QED) is 0.415. The van der Waals surface area contributed by atoms with Crippen molar-refractivity contribution >= 4 is 18.0 Å². The highest BCUT2D eigenvalue weighted by atomic mass is 16.7. The Balaban J connectivity index is 2.62. The lowest BCUT2D eigenvalue weighted by Gasteiger charge is -2.12. The van der Waals surface area contributed by atoms with Crippen LogP contribution in [0, 0.1) is 0 Å². The van der Waals surface area contributed by atoms with E-state index in [0.717, 1.165) is 12.0 Å². The van der Waals surface area contributed by atoms with Gasteiger partial charge in [0.15, 0.2) is 0 Å². The summed E-state index contributed by atoms with van der Waals surface area (Å²) in [6, 6.07) is 8.16. The van der Waals surface area contributed by atoms with Gasteiger partial charge in [0.2, 0.25) is 0 Å². The highest BCUT2D eigenvalue weighted by Crippen LogP contribution is 2.11. The molecule has 0 radical (unpaired) electrons. The molecule has 0 saturated carbocycles. The predicted molar refractivity (Wildman–Crippen MR) is 86.0 cm³/mol. The molecule has 0 atom stereocenters. The molecular weight excluding hydrogens is 280 g/mol. The Morgan fingerprint density at radius 1 is 1.05 bits per heavy atom. The zero-order valence-electron chi connectivity index (χ0n) is 13.5. The molecule has 0 heterocycles. The van der Waals surface area contributed by atoms with Crippen molar-refractivity contribution in [1.82, 2.24) is 0 Å². The van der Waals surface area contributed by atoms with E-state index in [1.165, 1.54) is 38.7 Å². The average Bonchev–Trinajstić information content (AvgIpc) is 2.45. The van der Waals surface area contributed by atoms with Crippen molar-refractivity contribution in [3.05, 3.63) is 41.5 Å². The fraction of sp³-hybridized carbons (Fsp3) is 0.444. The lowest BCUT2D eigenvalue weighted by Crippen LogP contribution is -2.19. The van der Waals surface area contributed by atoms with Crippen LogP contribution in [0.4, 0.5) is 0 Å². The van der Waals surface area contributed by atoms with Gasteiger partial charge in [0.25, 0.3) is 6.29 Å². The van der Waals surface area contributed by atoms with Crippen molar-refractivity contribution in [3.63, 3.8) is 0 Å². The Bertz CT molecular complexity index is 486. The Hall–Kier alpha value is -2.10. The van der Waals surface area contributed by atoms with Crippen LogP contribution in [-0.2, 0) is 25.5 Å². The van der Waals surface area contributed by atoms with Crippen LogP contribution in [-0.4, -0.2) is 18.2 Å². The van der Waals surface area contributed by atoms with E-state index in [2.05, 4.69) is 19.1 Å². The Kier molecular flexibility index (Phi) is 7.97. The molecule has 1 aromatic carbocycles. The molecule has 0 fully saturated rings. The largest absolute Gasteiger partial charge is 0.421 e. The molecule has 0 saturated heterocycles. The van der Waals surface area contributed by atoms with Crippen molar-refractivity contribution in [1.29, 1.82) is 0 Å². The molecule has 0 spiro atoms. The zero-order chi connectivity index (χ0) is 16.4. The van der Waals surface area contributed by atoms with Gasteiger partial charge < -0.3 is 9.47 Å². The van der Waals surface area contributed by atoms with E-state index < -0.39 is 18.2 Å². The first kappa shape index (κ1) is 18.0. The summed E-state index contributed by atoms with van der Waals surface area (Å²) in [6.45, 7) is 4.74. The minimum atomic E-state index is -0.987. The van der Waals surface area contributed by atoms with Gasteiger partial charge in [-0.15, -0.1) is 0 Å². The van der Waals surface area contributed by atoms with Crippen LogP contribution in [0.15, 0.2) is 30.3 Å². The van der Waals surface area contributed by atoms with E-state index in [9.17, 15) is 9.59 Å². The van der Waals surface area contributed by atoms with E-state index >= 15 is 0 Å². The summed E-state index contributed by atoms with van der Waals surface area (Å²) in [4.78, 5) is 21.9. The molecular formula is C18H24O4. The first-order valence-corrected chi connectivity index (χ1v) is 7.63. The average molecular weight is 304 g/mol. The number of rotatable bonds is 8. The highest BCUT2D eigenvalue weighted by Gasteiger charge is 2.10. The van der Waals surface area contributed by atoms with Crippen molar-refractivity contribution in [3.8, 4) is 0 Å². The summed E-state index contributed by atoms with van der Waals surface area (Å²) in [5.41, 5.74) is 2.27. The zero-order valence-corrected chi connectivity index (χ0v) is 13.5. The molecule has 0 aliphatic rings. The lowest BCUT2D eigenvalue weighted by molar-refractivity contribution is -0.176. The molecule has 1 aromatic rings. The molecule has 120 valence electrons. The van der Waals surface area contributed by atoms with Crippen molar-refractivity contribution in [2.24, 2.45) is 0 Å². The first-order valence-electron chi connectivity index (χ1n) is 7.63. The third-order valence-corrected chi connectivity index (χ3v) is 3.06. The molecule has 0 aromatic heterocycles. The number of unbranched alkanes of at least 4 members (excludes halogenated alkanes) is 2. The molecule has 1 rings (SSSR count). The van der Waals surface area contributed by atoms with Gasteiger partial charge in [-0.25, -0.2) is 0 Å². The van der Waals surface area contributed by atoms with E-state index in [1.54, 1.807) is 12.2 Å². The predicted octanol–water partition coefficient (Wildman–Crippen LogP) is 3.88. The molecule has 0 bridgehead atoms. The van der Waals surface area contributed by atoms with Gasteiger partial charge in [0.1, 0.15) is 0 Å². The summed E-state index contributed by atoms with van der Waals surface area (Å²) >= 11 is 0. The van der Waals surface area contributed by atoms with Crippen molar-refractivity contribution in [2.45, 2.75) is 52.7 Å². The topological polar surface area (TPSA) is 52.6 Å². The van der Waals surface area contributed by atoms with Gasteiger partial charge in [0, 0.05) is 13.8 Å². The van der Waals surface area contributed by atoms with Crippen LogP contribution < -0.4 is 0 Å². The van der Waals surface area contributed by atoms with E-state index in [0.29, 0.717) is 0 Å². The van der Waals surface area contributed by atoms with Gasteiger partial charge in [0.05, 0.1) is 0 Å². The lowest BCUT2D eigenvalue weighted by atomic mass is 10.1. The summed E-state index contributed by atoms with van der Waals surface area (Å²) < 4.78 is 9.81. The normalized spacial score (nSPS) is 10.9. The monoisotopic (exact) mass is 304 g/mol. The standard InChI is InChI=1S/C18H24O4/c1-4-5-6-7-16-8-10-17(11-9-16)12-13-18(21-14(2)19)22-15(3)20/h8-13,18H,4-7H2,1-3H3. The molecule has 4 heteroatoms. The Morgan fingerprint density at radius 2 is 1.64 bits per heavy atom. The summed E-state index contributed by atoms with van der Waals surface area (Å²) in [7, 11) is 0. The van der Waals surface area contributed by atoms with E-state index in [1.807, 2.05) is 12.1 Å². The van der Waals surface area contributed by atoms with E-state index in [4.69, 9.17) is 9.47 Å². The van der Waals surface area contributed by atoms with Crippen molar-refractivity contribution < 1.29 is 19.1 Å². The van der Waals surface area contributed by atoms with Gasteiger partial charge in [-0.3, -0.25) is 9.59 Å². The number of carbonyl (C=O) groups excluding carboxylic acids is 2. The third-order valence-electron chi connectivity index (χ3n) is 3.06. The van der Waals surface area contributed by atoms with Gasteiger partial charge in [-0.1, -0.05) is 50.1 Å². The second-order valence-electron chi connectivity index (χ2n) is 5.15. The summed E-state index contributed by atoms with van der Waals surface area (Å²) in [5.74, 6) is -0.996. The van der Waals surface area contributed by atoms with Gasteiger partial charge in [-0.05, 0) is 30.0 Å². The van der Waals surface area contributed by atoms with Crippen LogP contribution in [0.3, 0.4) is 0 Å². The maximum absolute atomic E-state index is 11.0. The third kappa shape index (κ3) is 7.62. The molecule has 22 heavy (non-hydrogen) atoms. The molecule has 0 unspecified atom stereocenters.